The van der Waals surface area contributed by atoms with E-state index >= 15 is 0 Å². The maximum Gasteiger partial charge on any atom is 0.270 e. The molecule has 0 aliphatic heterocycles. The number of anilines is 1. The number of hydrogen-bond acceptors (Lipinski definition) is 5. The van der Waals surface area contributed by atoms with Crippen molar-refractivity contribution < 1.29 is 14.8 Å². The Morgan fingerprint density at radius 3 is 2.62 bits per heavy atom. The van der Waals surface area contributed by atoms with E-state index in [0.29, 0.717) is 12.2 Å². The zero-order valence-corrected chi connectivity index (χ0v) is 12.5. The molecule has 1 aromatic carbocycles. The topological polar surface area (TPSA) is 95.7 Å². The predicted octanol–water partition coefficient (Wildman–Crippen LogP) is 1.87. The van der Waals surface area contributed by atoms with Gasteiger partial charge < -0.3 is 15.3 Å². The number of rotatable bonds is 7. The van der Waals surface area contributed by atoms with E-state index in [0.717, 1.165) is 0 Å². The van der Waals surface area contributed by atoms with Crippen LogP contribution in [0.5, 0.6) is 0 Å². The van der Waals surface area contributed by atoms with Gasteiger partial charge in [0.05, 0.1) is 17.1 Å². The average Bonchev–Trinajstić information content (AvgIpc) is 2.44. The van der Waals surface area contributed by atoms with Crippen LogP contribution in [0.1, 0.15) is 31.1 Å². The van der Waals surface area contributed by atoms with Gasteiger partial charge in [-0.3, -0.25) is 14.9 Å². The molecular formula is C14H21N3O4. The molecule has 2 N–H and O–H groups in total. The summed E-state index contributed by atoms with van der Waals surface area (Å²) < 4.78 is 0. The van der Waals surface area contributed by atoms with E-state index in [1.165, 1.54) is 23.1 Å². The molecule has 0 aliphatic rings. The van der Waals surface area contributed by atoms with Gasteiger partial charge in [0.2, 0.25) is 0 Å². The van der Waals surface area contributed by atoms with Gasteiger partial charge in [0.25, 0.3) is 11.6 Å². The van der Waals surface area contributed by atoms with Crippen LogP contribution in [0.4, 0.5) is 11.4 Å². The second kappa shape index (κ2) is 7.58. The Hall–Kier alpha value is -2.15. The third-order valence-electron chi connectivity index (χ3n) is 3.04. The molecule has 0 radical (unpaired) electrons. The second-order valence-electron chi connectivity index (χ2n) is 4.83. The van der Waals surface area contributed by atoms with Gasteiger partial charge in [-0.2, -0.15) is 0 Å². The van der Waals surface area contributed by atoms with E-state index in [2.05, 4.69) is 5.32 Å². The van der Waals surface area contributed by atoms with Crippen molar-refractivity contribution in [1.29, 1.82) is 0 Å². The highest BCUT2D eigenvalue weighted by Crippen LogP contribution is 2.24. The zero-order chi connectivity index (χ0) is 16.0. The smallest absolute Gasteiger partial charge is 0.270 e. The molecule has 0 aromatic heterocycles. The van der Waals surface area contributed by atoms with Crippen LogP contribution in [-0.2, 0) is 0 Å². The summed E-state index contributed by atoms with van der Waals surface area (Å²) in [7, 11) is 0. The lowest BCUT2D eigenvalue weighted by Crippen LogP contribution is -2.39. The van der Waals surface area contributed by atoms with Crippen LogP contribution in [0.25, 0.3) is 0 Å². The van der Waals surface area contributed by atoms with E-state index < -0.39 is 4.92 Å². The normalized spacial score (nSPS) is 10.5. The standard InChI is InChI=1S/C14H21N3O4/c1-4-15-13-6-5-11(17(20)21)9-12(13)14(19)16(7-8-18)10(2)3/h5-6,9-10,15,18H,4,7-8H2,1-3H3. The third-order valence-corrected chi connectivity index (χ3v) is 3.04. The number of amides is 1. The number of aliphatic hydroxyl groups is 1. The van der Waals surface area contributed by atoms with Gasteiger partial charge in [-0.25, -0.2) is 0 Å². The summed E-state index contributed by atoms with van der Waals surface area (Å²) in [5.41, 5.74) is 0.664. The summed E-state index contributed by atoms with van der Waals surface area (Å²) in [6, 6.07) is 4.05. The van der Waals surface area contributed by atoms with Crippen LogP contribution in [-0.4, -0.2) is 46.6 Å². The van der Waals surface area contributed by atoms with Crippen molar-refractivity contribution in [2.75, 3.05) is 25.0 Å². The molecule has 0 aliphatic carbocycles. The molecule has 116 valence electrons. The summed E-state index contributed by atoms with van der Waals surface area (Å²) in [5.74, 6) is -0.335. The first-order chi connectivity index (χ1) is 9.92. The number of carbonyl (C=O) groups excluding carboxylic acids is 1. The number of nitro benzene ring substituents is 1. The lowest BCUT2D eigenvalue weighted by Gasteiger charge is -2.27. The molecule has 0 unspecified atom stereocenters. The number of non-ortho nitro benzene ring substituents is 1. The Morgan fingerprint density at radius 2 is 2.14 bits per heavy atom. The van der Waals surface area contributed by atoms with Crippen molar-refractivity contribution >= 4 is 17.3 Å². The SMILES string of the molecule is CCNc1ccc([N+](=O)[O-])cc1C(=O)N(CCO)C(C)C. The van der Waals surface area contributed by atoms with Crippen LogP contribution in [0.3, 0.4) is 0 Å². The van der Waals surface area contributed by atoms with Crippen LogP contribution in [0.15, 0.2) is 18.2 Å². The van der Waals surface area contributed by atoms with Gasteiger partial charge in [0.1, 0.15) is 0 Å². The summed E-state index contributed by atoms with van der Waals surface area (Å²) in [6.07, 6.45) is 0. The number of aliphatic hydroxyl groups excluding tert-OH is 1. The first-order valence-electron chi connectivity index (χ1n) is 6.86. The molecule has 0 atom stereocenters. The van der Waals surface area contributed by atoms with Gasteiger partial charge in [0.15, 0.2) is 0 Å². The highest BCUT2D eigenvalue weighted by Gasteiger charge is 2.23. The summed E-state index contributed by atoms with van der Waals surface area (Å²) >= 11 is 0. The largest absolute Gasteiger partial charge is 0.395 e. The van der Waals surface area contributed by atoms with E-state index in [-0.39, 0.29) is 36.4 Å². The fraction of sp³-hybridized carbons (Fsp3) is 0.500. The highest BCUT2D eigenvalue weighted by molar-refractivity contribution is 6.00. The number of benzene rings is 1. The van der Waals surface area contributed by atoms with Gasteiger partial charge in [0, 0.05) is 37.0 Å². The van der Waals surface area contributed by atoms with Crippen LogP contribution in [0.2, 0.25) is 0 Å². The van der Waals surface area contributed by atoms with Crippen molar-refractivity contribution in [2.45, 2.75) is 26.8 Å². The van der Waals surface area contributed by atoms with Crippen LogP contribution < -0.4 is 5.32 Å². The van der Waals surface area contributed by atoms with E-state index in [4.69, 9.17) is 5.11 Å². The Balaban J connectivity index is 3.25. The van der Waals surface area contributed by atoms with E-state index in [9.17, 15) is 14.9 Å². The lowest BCUT2D eigenvalue weighted by atomic mass is 10.1. The molecule has 1 aromatic rings. The molecular weight excluding hydrogens is 274 g/mol. The van der Waals surface area contributed by atoms with E-state index in [1.54, 1.807) is 0 Å². The van der Waals surface area contributed by atoms with Crippen molar-refractivity contribution in [1.82, 2.24) is 4.90 Å². The Labute approximate surface area is 123 Å². The number of nitro groups is 1. The quantitative estimate of drug-likeness (QED) is 0.591. The minimum absolute atomic E-state index is 0.113. The third kappa shape index (κ3) is 4.16. The molecule has 7 heteroatoms. The number of carbonyl (C=O) groups is 1. The average molecular weight is 295 g/mol. The van der Waals surface area contributed by atoms with Crippen molar-refractivity contribution in [3.05, 3.63) is 33.9 Å². The maximum absolute atomic E-state index is 12.6. The summed E-state index contributed by atoms with van der Waals surface area (Å²) in [6.45, 7) is 6.17. The number of hydrogen-bond donors (Lipinski definition) is 2. The molecule has 0 bridgehead atoms. The van der Waals surface area contributed by atoms with Crippen molar-refractivity contribution in [2.24, 2.45) is 0 Å². The molecule has 1 rings (SSSR count). The molecule has 0 saturated heterocycles. The van der Waals surface area contributed by atoms with Gasteiger partial charge in [-0.05, 0) is 26.8 Å². The molecule has 0 spiro atoms. The molecule has 1 amide bonds. The zero-order valence-electron chi connectivity index (χ0n) is 12.5. The maximum atomic E-state index is 12.6. The number of nitrogens with one attached hydrogen (secondary N) is 1. The highest BCUT2D eigenvalue weighted by atomic mass is 16.6. The fourth-order valence-electron chi connectivity index (χ4n) is 2.02. The van der Waals surface area contributed by atoms with Crippen LogP contribution in [0, 0.1) is 10.1 Å². The van der Waals surface area contributed by atoms with Crippen LogP contribution >= 0.6 is 0 Å². The molecule has 7 nitrogen and oxygen atoms in total. The first kappa shape index (κ1) is 16.9. The Kier molecular flexibility index (Phi) is 6.10. The van der Waals surface area contributed by atoms with Gasteiger partial charge in [-0.1, -0.05) is 0 Å². The van der Waals surface area contributed by atoms with Crippen molar-refractivity contribution in [3.8, 4) is 0 Å². The fourth-order valence-corrected chi connectivity index (χ4v) is 2.02. The number of nitrogens with zero attached hydrogens (tertiary/aromatic N) is 2. The Morgan fingerprint density at radius 1 is 1.48 bits per heavy atom. The summed E-state index contributed by atoms with van der Waals surface area (Å²) in [5, 5.41) is 23.0. The minimum atomic E-state index is -0.530. The molecule has 0 saturated carbocycles. The van der Waals surface area contributed by atoms with Crippen molar-refractivity contribution in [3.63, 3.8) is 0 Å². The molecule has 21 heavy (non-hydrogen) atoms. The Bertz CT molecular complexity index is 517. The predicted molar refractivity (Wildman–Crippen MR) is 80.5 cm³/mol. The summed E-state index contributed by atoms with van der Waals surface area (Å²) in [4.78, 5) is 24.5. The van der Waals surface area contributed by atoms with E-state index in [1.807, 2.05) is 20.8 Å². The second-order valence-corrected chi connectivity index (χ2v) is 4.83. The van der Waals surface area contributed by atoms with Gasteiger partial charge >= 0.3 is 0 Å². The molecule has 0 heterocycles. The monoisotopic (exact) mass is 295 g/mol. The minimum Gasteiger partial charge on any atom is -0.395 e. The lowest BCUT2D eigenvalue weighted by molar-refractivity contribution is -0.384. The van der Waals surface area contributed by atoms with Gasteiger partial charge in [-0.15, -0.1) is 0 Å². The first-order valence-corrected chi connectivity index (χ1v) is 6.86. The molecule has 0 fully saturated rings.